The molecule has 0 bridgehead atoms. The van der Waals surface area contributed by atoms with Crippen molar-refractivity contribution in [2.24, 2.45) is 0 Å². The van der Waals surface area contributed by atoms with Crippen LogP contribution in [-0.2, 0) is 12.8 Å². The van der Waals surface area contributed by atoms with Gasteiger partial charge in [-0.15, -0.1) is 0 Å². The van der Waals surface area contributed by atoms with Gasteiger partial charge in [-0.3, -0.25) is 0 Å². The van der Waals surface area contributed by atoms with E-state index in [2.05, 4.69) is 15.9 Å². The SMILES string of the molecule is OC(C1=C(CCc2cc(Cl)cc(Cl)c2)Cc2cc(Br)ccc21)(C(F)(F)F)C(F)(F)F. The molecule has 0 saturated carbocycles. The summed E-state index contributed by atoms with van der Waals surface area (Å²) in [5.41, 5.74) is -5.73. The Kier molecular flexibility index (Phi) is 6.28. The Hall–Kier alpha value is -1.22. The number of aryl methyl sites for hydroxylation is 1. The molecule has 162 valence electrons. The van der Waals surface area contributed by atoms with Crippen LogP contribution in [0, 0.1) is 0 Å². The summed E-state index contributed by atoms with van der Waals surface area (Å²) in [6.45, 7) is 0. The predicted molar refractivity (Wildman–Crippen MR) is 107 cm³/mol. The number of benzene rings is 2. The second-order valence-electron chi connectivity index (χ2n) is 6.94. The molecule has 3 rings (SSSR count). The smallest absolute Gasteiger partial charge is 0.369 e. The van der Waals surface area contributed by atoms with Crippen LogP contribution in [0.4, 0.5) is 26.3 Å². The van der Waals surface area contributed by atoms with Crippen molar-refractivity contribution in [2.75, 3.05) is 0 Å². The number of hydrogen-bond donors (Lipinski definition) is 1. The third kappa shape index (κ3) is 4.24. The third-order valence-corrected chi connectivity index (χ3v) is 5.84. The van der Waals surface area contributed by atoms with Crippen LogP contribution in [-0.4, -0.2) is 23.1 Å². The molecule has 0 heterocycles. The average Bonchev–Trinajstić information content (AvgIpc) is 2.94. The highest BCUT2D eigenvalue weighted by Crippen LogP contribution is 2.55. The molecule has 2 aromatic rings. The van der Waals surface area contributed by atoms with Crippen molar-refractivity contribution < 1.29 is 31.4 Å². The number of aliphatic hydroxyl groups is 1. The summed E-state index contributed by atoms with van der Waals surface area (Å²) >= 11 is 15.0. The van der Waals surface area contributed by atoms with E-state index in [1.165, 1.54) is 30.3 Å². The molecule has 0 aliphatic heterocycles. The lowest BCUT2D eigenvalue weighted by Gasteiger charge is -2.35. The fourth-order valence-corrected chi connectivity index (χ4v) is 4.60. The lowest BCUT2D eigenvalue weighted by atomic mass is 9.85. The largest absolute Gasteiger partial charge is 0.430 e. The van der Waals surface area contributed by atoms with Gasteiger partial charge in [0.05, 0.1) is 0 Å². The Bertz CT molecular complexity index is 979. The van der Waals surface area contributed by atoms with E-state index in [9.17, 15) is 31.4 Å². The van der Waals surface area contributed by atoms with E-state index < -0.39 is 23.5 Å². The molecule has 30 heavy (non-hydrogen) atoms. The number of fused-ring (bicyclic) bond motifs is 1. The summed E-state index contributed by atoms with van der Waals surface area (Å²) in [5, 5.41) is 10.7. The molecule has 1 nitrogen and oxygen atoms in total. The number of hydrogen-bond acceptors (Lipinski definition) is 1. The topological polar surface area (TPSA) is 20.2 Å². The predicted octanol–water partition coefficient (Wildman–Crippen LogP) is 7.55. The molecule has 0 spiro atoms. The van der Waals surface area contributed by atoms with Gasteiger partial charge in [0, 0.05) is 20.1 Å². The molecule has 1 N–H and O–H groups in total. The van der Waals surface area contributed by atoms with Crippen molar-refractivity contribution in [1.82, 2.24) is 0 Å². The normalized spacial score (nSPS) is 15.0. The quantitative estimate of drug-likeness (QED) is 0.402. The maximum absolute atomic E-state index is 13.6. The van der Waals surface area contributed by atoms with Gasteiger partial charge in [0.15, 0.2) is 0 Å². The molecule has 0 aromatic heterocycles. The highest BCUT2D eigenvalue weighted by atomic mass is 79.9. The zero-order valence-corrected chi connectivity index (χ0v) is 18.0. The Morgan fingerprint density at radius 3 is 1.97 bits per heavy atom. The van der Waals surface area contributed by atoms with Gasteiger partial charge in [0.25, 0.3) is 5.60 Å². The summed E-state index contributed by atoms with van der Waals surface area (Å²) in [4.78, 5) is 0. The molecule has 0 unspecified atom stereocenters. The summed E-state index contributed by atoms with van der Waals surface area (Å²) in [6, 6.07) is 8.47. The Morgan fingerprint density at radius 2 is 1.43 bits per heavy atom. The summed E-state index contributed by atoms with van der Waals surface area (Å²) in [6.07, 6.45) is -12.1. The van der Waals surface area contributed by atoms with Gasteiger partial charge in [-0.1, -0.05) is 50.8 Å². The molecule has 1 aliphatic carbocycles. The minimum atomic E-state index is -5.96. The fourth-order valence-electron chi connectivity index (χ4n) is 3.62. The van der Waals surface area contributed by atoms with Gasteiger partial charge >= 0.3 is 12.4 Å². The summed E-state index contributed by atoms with van der Waals surface area (Å²) < 4.78 is 82.2. The Morgan fingerprint density at radius 1 is 0.867 bits per heavy atom. The van der Waals surface area contributed by atoms with Crippen molar-refractivity contribution in [2.45, 2.75) is 37.2 Å². The van der Waals surface area contributed by atoms with Gasteiger partial charge in [-0.05, 0) is 66.3 Å². The van der Waals surface area contributed by atoms with E-state index >= 15 is 0 Å². The zero-order chi connectivity index (χ0) is 22.5. The molecule has 10 heteroatoms. The van der Waals surface area contributed by atoms with Crippen molar-refractivity contribution in [3.8, 4) is 0 Å². The maximum atomic E-state index is 13.6. The molecule has 2 aromatic carbocycles. The maximum Gasteiger partial charge on any atom is 0.430 e. The first-order valence-corrected chi connectivity index (χ1v) is 10.1. The average molecular weight is 534 g/mol. The monoisotopic (exact) mass is 532 g/mol. The number of rotatable bonds is 4. The van der Waals surface area contributed by atoms with E-state index in [4.69, 9.17) is 23.2 Å². The molecule has 1 aliphatic rings. The number of halogens is 9. The summed E-state index contributed by atoms with van der Waals surface area (Å²) in [5.74, 6) is 0. The van der Waals surface area contributed by atoms with Crippen molar-refractivity contribution in [1.29, 1.82) is 0 Å². The molecular formula is C20H13BrCl2F6O. The van der Waals surface area contributed by atoms with Crippen molar-refractivity contribution >= 4 is 44.7 Å². The second-order valence-corrected chi connectivity index (χ2v) is 8.73. The molecule has 0 fully saturated rings. The Balaban J connectivity index is 2.13. The van der Waals surface area contributed by atoms with Gasteiger partial charge in [0.1, 0.15) is 0 Å². The van der Waals surface area contributed by atoms with Crippen LogP contribution in [0.5, 0.6) is 0 Å². The van der Waals surface area contributed by atoms with Gasteiger partial charge < -0.3 is 5.11 Å². The van der Waals surface area contributed by atoms with Crippen LogP contribution >= 0.6 is 39.1 Å². The molecule has 0 amide bonds. The third-order valence-electron chi connectivity index (χ3n) is 4.91. The molecular weight excluding hydrogens is 521 g/mol. The lowest BCUT2D eigenvalue weighted by molar-refractivity contribution is -0.342. The van der Waals surface area contributed by atoms with E-state index in [0.717, 1.165) is 6.07 Å². The van der Waals surface area contributed by atoms with Crippen molar-refractivity contribution in [3.63, 3.8) is 0 Å². The van der Waals surface area contributed by atoms with Crippen molar-refractivity contribution in [3.05, 3.63) is 73.2 Å². The molecule has 0 radical (unpaired) electrons. The first kappa shape index (κ1) is 23.4. The minimum absolute atomic E-state index is 0.0973. The zero-order valence-electron chi connectivity index (χ0n) is 14.9. The number of alkyl halides is 6. The highest BCUT2D eigenvalue weighted by Gasteiger charge is 2.73. The van der Waals surface area contributed by atoms with E-state index in [1.54, 1.807) is 0 Å². The van der Waals surface area contributed by atoms with Crippen LogP contribution in [0.1, 0.15) is 23.1 Å². The number of allylic oxidation sites excluding steroid dienone is 1. The van der Waals surface area contributed by atoms with Gasteiger partial charge in [-0.25, -0.2) is 0 Å². The second kappa shape index (κ2) is 8.04. The molecule has 0 atom stereocenters. The first-order chi connectivity index (χ1) is 13.7. The van der Waals surface area contributed by atoms with Crippen LogP contribution in [0.15, 0.2) is 46.4 Å². The first-order valence-electron chi connectivity index (χ1n) is 8.56. The fraction of sp³-hybridized carbons (Fsp3) is 0.300. The molecule has 0 saturated heterocycles. The van der Waals surface area contributed by atoms with E-state index in [-0.39, 0.29) is 36.0 Å². The Labute approximate surface area is 186 Å². The van der Waals surface area contributed by atoms with Gasteiger partial charge in [-0.2, -0.15) is 26.3 Å². The lowest BCUT2D eigenvalue weighted by Crippen LogP contribution is -2.57. The van der Waals surface area contributed by atoms with Crippen LogP contribution < -0.4 is 0 Å². The van der Waals surface area contributed by atoms with E-state index in [1.807, 2.05) is 0 Å². The van der Waals surface area contributed by atoms with Crippen LogP contribution in [0.3, 0.4) is 0 Å². The summed E-state index contributed by atoms with van der Waals surface area (Å²) in [7, 11) is 0. The highest BCUT2D eigenvalue weighted by molar-refractivity contribution is 9.10. The standard InChI is InChI=1S/C20H13BrCl2F6O/c21-13-3-4-16-12(8-13)7-11(2-1-10-5-14(22)9-15(23)6-10)17(16)18(30,19(24,25)26)20(27,28)29/h3-6,8-9,30H,1-2,7H2. The van der Waals surface area contributed by atoms with Crippen LogP contribution in [0.2, 0.25) is 10.0 Å². The van der Waals surface area contributed by atoms with Gasteiger partial charge in [0.2, 0.25) is 0 Å². The van der Waals surface area contributed by atoms with Crippen LogP contribution in [0.25, 0.3) is 5.57 Å². The minimum Gasteiger partial charge on any atom is -0.369 e. The van der Waals surface area contributed by atoms with E-state index in [0.29, 0.717) is 20.1 Å².